The summed E-state index contributed by atoms with van der Waals surface area (Å²) in [5.74, 6) is -0.595. The Kier molecular flexibility index (Phi) is 20.1. The van der Waals surface area contributed by atoms with Gasteiger partial charge in [-0.05, 0) is 19.4 Å². The van der Waals surface area contributed by atoms with Crippen molar-refractivity contribution in [2.24, 2.45) is 0 Å². The molecule has 0 spiro atoms. The quantitative estimate of drug-likeness (QED) is 0.490. The van der Waals surface area contributed by atoms with E-state index < -0.39 is 5.91 Å². The summed E-state index contributed by atoms with van der Waals surface area (Å²) >= 11 is 0. The molecule has 0 aliphatic carbocycles. The zero-order valence-corrected chi connectivity index (χ0v) is 9.61. The van der Waals surface area contributed by atoms with E-state index in [-0.39, 0.29) is 32.7 Å². The van der Waals surface area contributed by atoms with Crippen LogP contribution in [0.25, 0.3) is 5.73 Å². The third kappa shape index (κ3) is 11.2. The van der Waals surface area contributed by atoms with E-state index in [1.807, 2.05) is 0 Å². The molecule has 0 aromatic carbocycles. The van der Waals surface area contributed by atoms with Gasteiger partial charge in [-0.1, -0.05) is 6.08 Å². The minimum atomic E-state index is -0.595. The van der Waals surface area contributed by atoms with E-state index in [9.17, 15) is 4.79 Å². The van der Waals surface area contributed by atoms with Crippen molar-refractivity contribution in [3.8, 4) is 0 Å². The molecule has 0 aromatic heterocycles. The Morgan fingerprint density at radius 3 is 1.80 bits per heavy atom. The first-order valence-electron chi connectivity index (χ1n) is 2.78. The summed E-state index contributed by atoms with van der Waals surface area (Å²) in [7, 11) is 0. The maximum absolute atomic E-state index is 9.97. The van der Waals surface area contributed by atoms with Crippen molar-refractivity contribution in [3.63, 3.8) is 0 Å². The molecule has 0 unspecified atom stereocenters. The van der Waals surface area contributed by atoms with E-state index in [0.717, 1.165) is 0 Å². The van der Waals surface area contributed by atoms with Crippen LogP contribution in [0.15, 0.2) is 11.6 Å². The molecule has 0 aliphatic heterocycles. The second-order valence-corrected chi connectivity index (χ2v) is 1.30. The first kappa shape index (κ1) is 16.7. The number of amides is 1. The van der Waals surface area contributed by atoms with E-state index in [1.54, 1.807) is 26.8 Å². The summed E-state index contributed by atoms with van der Waals surface area (Å²) in [6, 6.07) is 0. The Balaban J connectivity index is -0.000000149. The summed E-state index contributed by atoms with van der Waals surface area (Å²) in [5.41, 5.74) is 6.98. The van der Waals surface area contributed by atoms with E-state index in [1.165, 1.54) is 0 Å². The molecule has 0 bridgehead atoms. The Labute approximate surface area is 88.1 Å². The molecule has 1 amide bonds. The van der Waals surface area contributed by atoms with Crippen molar-refractivity contribution < 1.29 is 37.5 Å². The molecular weight excluding hydrogens is 203 g/mol. The summed E-state index contributed by atoms with van der Waals surface area (Å²) < 4.78 is 0. The number of allylic oxidation sites excluding steroid dienone is 1. The molecule has 0 aliphatic rings. The Morgan fingerprint density at radius 1 is 1.50 bits per heavy atom. The molecule has 0 fully saturated rings. The third-order valence-corrected chi connectivity index (χ3v) is 0.791. The number of carbonyl (C=O) groups excluding carboxylic acids is 1. The van der Waals surface area contributed by atoms with Gasteiger partial charge in [0.25, 0.3) is 0 Å². The number of nitrogens with one attached hydrogen (secondary N) is 1. The molecule has 0 heterocycles. The average Bonchev–Trinajstić information content (AvgIpc) is 1.91. The largest absolute Gasteiger partial charge is 0.664 e. The SMILES string of the molecule is C/C=C(\C)C([NH-])=O.[CH2-]C.[Y]. The average molecular weight is 216 g/mol. The molecule has 0 aromatic rings. The number of rotatable bonds is 1. The number of hydrogen-bond donors (Lipinski definition) is 0. The van der Waals surface area contributed by atoms with Crippen LogP contribution in [0.4, 0.5) is 0 Å². The van der Waals surface area contributed by atoms with Gasteiger partial charge in [0, 0.05) is 32.7 Å². The van der Waals surface area contributed by atoms with E-state index in [4.69, 9.17) is 5.73 Å². The molecule has 10 heavy (non-hydrogen) atoms. The molecule has 3 heteroatoms. The van der Waals surface area contributed by atoms with Gasteiger partial charge in [-0.3, -0.25) is 0 Å². The van der Waals surface area contributed by atoms with Crippen LogP contribution in [-0.2, 0) is 37.5 Å². The standard InChI is InChI=1S/C5H9NO.C2H5.Y/c1-3-4(2)5(6)7;1-2;/h3H,1-2H3,(H2,6,7);1H2,2H3;/q;-1;/p-1/b4-3+;;. The van der Waals surface area contributed by atoms with Gasteiger partial charge in [-0.25, -0.2) is 0 Å². The Bertz CT molecular complexity index is 110. The zero-order valence-electron chi connectivity index (χ0n) is 6.77. The van der Waals surface area contributed by atoms with Crippen molar-refractivity contribution in [3.05, 3.63) is 24.3 Å². The van der Waals surface area contributed by atoms with Gasteiger partial charge in [0.2, 0.25) is 0 Å². The van der Waals surface area contributed by atoms with Gasteiger partial charge >= 0.3 is 0 Å². The van der Waals surface area contributed by atoms with Gasteiger partial charge in [-0.2, -0.15) is 6.92 Å². The van der Waals surface area contributed by atoms with Crippen LogP contribution in [0.2, 0.25) is 0 Å². The molecule has 2 nitrogen and oxygen atoms in total. The van der Waals surface area contributed by atoms with E-state index in [0.29, 0.717) is 5.57 Å². The minimum absolute atomic E-state index is 0. The van der Waals surface area contributed by atoms with Crippen LogP contribution in [0.5, 0.6) is 0 Å². The van der Waals surface area contributed by atoms with Crippen LogP contribution in [0, 0.1) is 6.92 Å². The van der Waals surface area contributed by atoms with E-state index in [2.05, 4.69) is 6.92 Å². The zero-order chi connectivity index (χ0) is 7.86. The fraction of sp³-hybridized carbons (Fsp3) is 0.429. The van der Waals surface area contributed by atoms with Crippen molar-refractivity contribution in [1.29, 1.82) is 0 Å². The smallest absolute Gasteiger partial charge is 0.0749 e. The second kappa shape index (κ2) is 12.0. The van der Waals surface area contributed by atoms with Gasteiger partial charge < -0.3 is 17.5 Å². The predicted molar refractivity (Wildman–Crippen MR) is 39.8 cm³/mol. The van der Waals surface area contributed by atoms with Gasteiger partial charge in [-0.15, -0.1) is 0 Å². The molecule has 1 N–H and O–H groups in total. The summed E-state index contributed by atoms with van der Waals surface area (Å²) in [6.07, 6.45) is 1.62. The van der Waals surface area contributed by atoms with Crippen LogP contribution in [0.3, 0.4) is 0 Å². The van der Waals surface area contributed by atoms with Crippen LogP contribution in [0.1, 0.15) is 20.8 Å². The predicted octanol–water partition coefficient (Wildman–Crippen LogP) is 2.37. The molecule has 0 saturated carbocycles. The minimum Gasteiger partial charge on any atom is -0.664 e. The maximum atomic E-state index is 9.97. The normalized spacial score (nSPS) is 8.60. The van der Waals surface area contributed by atoms with Crippen LogP contribution >= 0.6 is 0 Å². The summed E-state index contributed by atoms with van der Waals surface area (Å²) in [6.45, 7) is 8.36. The maximum Gasteiger partial charge on any atom is 0.0749 e. The molecule has 0 saturated heterocycles. The van der Waals surface area contributed by atoms with Gasteiger partial charge in [0.1, 0.15) is 0 Å². The van der Waals surface area contributed by atoms with Crippen molar-refractivity contribution in [2.75, 3.05) is 0 Å². The molecule has 1 radical (unpaired) electrons. The first-order chi connectivity index (χ1) is 4.18. The topological polar surface area (TPSA) is 40.9 Å². The molecule has 0 rings (SSSR count). The molecular formula is C7H13NOY-2. The van der Waals surface area contributed by atoms with Gasteiger partial charge in [0.15, 0.2) is 0 Å². The number of hydrogen-bond acceptors (Lipinski definition) is 1. The third-order valence-electron chi connectivity index (χ3n) is 0.791. The van der Waals surface area contributed by atoms with Crippen LogP contribution < -0.4 is 0 Å². The Hall–Kier alpha value is 0.314. The fourth-order valence-corrected chi connectivity index (χ4v) is 0.131. The second-order valence-electron chi connectivity index (χ2n) is 1.30. The van der Waals surface area contributed by atoms with Crippen molar-refractivity contribution >= 4 is 5.91 Å². The number of carbonyl (C=O) groups is 1. The first-order valence-corrected chi connectivity index (χ1v) is 2.78. The van der Waals surface area contributed by atoms with E-state index >= 15 is 0 Å². The Morgan fingerprint density at radius 2 is 1.80 bits per heavy atom. The summed E-state index contributed by atoms with van der Waals surface area (Å²) in [5, 5.41) is 0. The molecule has 0 atom stereocenters. The monoisotopic (exact) mass is 216 g/mol. The summed E-state index contributed by atoms with van der Waals surface area (Å²) in [4.78, 5) is 9.97. The van der Waals surface area contributed by atoms with Crippen molar-refractivity contribution in [2.45, 2.75) is 20.8 Å². The fourth-order valence-electron chi connectivity index (χ4n) is 0.131. The van der Waals surface area contributed by atoms with Gasteiger partial charge in [0.05, 0.1) is 5.91 Å². The van der Waals surface area contributed by atoms with Crippen LogP contribution in [-0.4, -0.2) is 5.91 Å². The molecule has 57 valence electrons. The van der Waals surface area contributed by atoms with Crippen molar-refractivity contribution in [1.82, 2.24) is 0 Å².